The van der Waals surface area contributed by atoms with Crippen LogP contribution < -0.4 is 9.46 Å². The lowest BCUT2D eigenvalue weighted by atomic mass is 10.3. The molecule has 1 heterocycles. The topological polar surface area (TPSA) is 88.5 Å². The zero-order chi connectivity index (χ0) is 15.5. The van der Waals surface area contributed by atoms with Gasteiger partial charge >= 0.3 is 0 Å². The van der Waals surface area contributed by atoms with Crippen molar-refractivity contribution in [1.29, 1.82) is 0 Å². The average Bonchev–Trinajstić information content (AvgIpc) is 2.47. The number of aliphatic hydroxyl groups is 1. The van der Waals surface area contributed by atoms with Gasteiger partial charge in [0.05, 0.1) is 19.4 Å². The van der Waals surface area contributed by atoms with Gasteiger partial charge in [-0.2, -0.15) is 8.42 Å². The molecule has 0 aliphatic heterocycles. The fraction of sp³-hybridized carbons (Fsp3) is 0.154. The Hall–Kier alpha value is -2.19. The van der Waals surface area contributed by atoms with Gasteiger partial charge in [-0.05, 0) is 23.8 Å². The van der Waals surface area contributed by atoms with Crippen molar-refractivity contribution < 1.29 is 22.7 Å². The summed E-state index contributed by atoms with van der Waals surface area (Å²) >= 11 is 0. The number of aromatic nitrogens is 1. The van der Waals surface area contributed by atoms with Gasteiger partial charge in [0.15, 0.2) is 16.6 Å². The maximum Gasteiger partial charge on any atom is 0.279 e. The lowest BCUT2D eigenvalue weighted by Gasteiger charge is -2.09. The summed E-state index contributed by atoms with van der Waals surface area (Å²) in [7, 11) is -2.61. The molecule has 0 atom stereocenters. The van der Waals surface area contributed by atoms with E-state index in [4.69, 9.17) is 9.84 Å². The molecule has 1 aromatic heterocycles. The average molecular weight is 312 g/mol. The summed E-state index contributed by atoms with van der Waals surface area (Å²) in [6.45, 7) is -0.232. The summed E-state index contributed by atoms with van der Waals surface area (Å²) in [5.41, 5.74) is 0.547. The molecule has 0 amide bonds. The van der Waals surface area contributed by atoms with E-state index in [2.05, 4.69) is 9.71 Å². The molecule has 0 saturated heterocycles. The van der Waals surface area contributed by atoms with Crippen LogP contribution in [0.15, 0.2) is 41.6 Å². The van der Waals surface area contributed by atoms with Gasteiger partial charge in [0.25, 0.3) is 10.0 Å². The van der Waals surface area contributed by atoms with E-state index in [0.29, 0.717) is 5.56 Å². The smallest absolute Gasteiger partial charge is 0.279 e. The van der Waals surface area contributed by atoms with Crippen LogP contribution >= 0.6 is 0 Å². The molecule has 0 bridgehead atoms. The van der Waals surface area contributed by atoms with E-state index in [-0.39, 0.29) is 23.1 Å². The van der Waals surface area contributed by atoms with Crippen LogP contribution in [0.4, 0.5) is 10.1 Å². The minimum absolute atomic E-state index is 0.0170. The number of benzene rings is 1. The van der Waals surface area contributed by atoms with E-state index >= 15 is 0 Å². The molecule has 0 spiro atoms. The third kappa shape index (κ3) is 3.47. The maximum absolute atomic E-state index is 13.5. The van der Waals surface area contributed by atoms with E-state index in [0.717, 1.165) is 6.07 Å². The predicted octanol–water partition coefficient (Wildman–Crippen LogP) is 1.52. The quantitative estimate of drug-likeness (QED) is 0.874. The number of hydrogen-bond acceptors (Lipinski definition) is 5. The van der Waals surface area contributed by atoms with Crippen molar-refractivity contribution in [2.24, 2.45) is 0 Å². The van der Waals surface area contributed by atoms with Gasteiger partial charge in [0, 0.05) is 12.3 Å². The second-order valence-corrected chi connectivity index (χ2v) is 5.75. The van der Waals surface area contributed by atoms with Crippen molar-refractivity contribution in [2.75, 3.05) is 11.8 Å². The van der Waals surface area contributed by atoms with E-state index in [1.165, 1.54) is 37.6 Å². The molecule has 2 rings (SSSR count). The Kier molecular flexibility index (Phi) is 4.39. The Morgan fingerprint density at radius 2 is 2.10 bits per heavy atom. The van der Waals surface area contributed by atoms with Gasteiger partial charge in [0.1, 0.15) is 0 Å². The van der Waals surface area contributed by atoms with Crippen molar-refractivity contribution in [2.45, 2.75) is 11.6 Å². The van der Waals surface area contributed by atoms with Crippen LogP contribution in [0.2, 0.25) is 0 Å². The summed E-state index contributed by atoms with van der Waals surface area (Å²) in [5, 5.41) is 8.66. The van der Waals surface area contributed by atoms with Gasteiger partial charge in [0.2, 0.25) is 0 Å². The van der Waals surface area contributed by atoms with Crippen LogP contribution in [0, 0.1) is 5.82 Å². The van der Waals surface area contributed by atoms with E-state index < -0.39 is 15.8 Å². The van der Waals surface area contributed by atoms with E-state index in [1.54, 1.807) is 0 Å². The van der Waals surface area contributed by atoms with Crippen LogP contribution in [0.3, 0.4) is 0 Å². The van der Waals surface area contributed by atoms with Gasteiger partial charge in [-0.1, -0.05) is 6.07 Å². The number of nitrogens with one attached hydrogen (secondary N) is 1. The van der Waals surface area contributed by atoms with Crippen LogP contribution in [0.5, 0.6) is 5.75 Å². The number of anilines is 1. The summed E-state index contributed by atoms with van der Waals surface area (Å²) in [5.74, 6) is -0.662. The number of ether oxygens (including phenoxy) is 1. The van der Waals surface area contributed by atoms with Crippen molar-refractivity contribution in [3.63, 3.8) is 0 Å². The summed E-state index contributed by atoms with van der Waals surface area (Å²) in [6.07, 6.45) is 1.25. The van der Waals surface area contributed by atoms with Crippen LogP contribution in [-0.2, 0) is 16.6 Å². The number of halogens is 1. The summed E-state index contributed by atoms with van der Waals surface area (Å²) < 4.78 is 44.6. The van der Waals surface area contributed by atoms with E-state index in [1.807, 2.05) is 0 Å². The lowest BCUT2D eigenvalue weighted by molar-refractivity contribution is 0.281. The molecule has 0 aliphatic carbocycles. The number of aliphatic hydroxyl groups excluding tert-OH is 1. The zero-order valence-corrected chi connectivity index (χ0v) is 11.9. The highest BCUT2D eigenvalue weighted by Crippen LogP contribution is 2.22. The first kappa shape index (κ1) is 15.2. The molecule has 2 aromatic rings. The number of rotatable bonds is 5. The third-order valence-corrected chi connectivity index (χ3v) is 3.96. The Morgan fingerprint density at radius 3 is 2.62 bits per heavy atom. The first-order chi connectivity index (χ1) is 9.96. The standard InChI is InChI=1S/C13H13FN2O4S/c1-20-12-4-3-10(6-11(12)14)16-21(18,19)13-5-2-9(8-17)7-15-13/h2-7,16-17H,8H2,1H3. The second kappa shape index (κ2) is 6.06. The molecule has 0 saturated carbocycles. The Balaban J connectivity index is 2.26. The van der Waals surface area contributed by atoms with Gasteiger partial charge in [-0.15, -0.1) is 0 Å². The highest BCUT2D eigenvalue weighted by Gasteiger charge is 2.16. The molecular weight excluding hydrogens is 299 g/mol. The van der Waals surface area contributed by atoms with Gasteiger partial charge in [-0.25, -0.2) is 9.37 Å². The number of sulfonamides is 1. The molecule has 112 valence electrons. The monoisotopic (exact) mass is 312 g/mol. The molecule has 0 unspecified atom stereocenters. The molecular formula is C13H13FN2O4S. The van der Waals surface area contributed by atoms with Gasteiger partial charge in [-0.3, -0.25) is 4.72 Å². The fourth-order valence-corrected chi connectivity index (χ4v) is 2.58. The Bertz CT molecular complexity index is 732. The minimum atomic E-state index is -3.92. The number of hydrogen-bond donors (Lipinski definition) is 2. The highest BCUT2D eigenvalue weighted by molar-refractivity contribution is 7.92. The van der Waals surface area contributed by atoms with E-state index in [9.17, 15) is 12.8 Å². The van der Waals surface area contributed by atoms with Crippen molar-refractivity contribution in [1.82, 2.24) is 4.98 Å². The SMILES string of the molecule is COc1ccc(NS(=O)(=O)c2ccc(CO)cn2)cc1F. The Labute approximate surface area is 121 Å². The fourth-order valence-electron chi connectivity index (χ4n) is 1.60. The number of methoxy groups -OCH3 is 1. The lowest BCUT2D eigenvalue weighted by Crippen LogP contribution is -2.14. The molecule has 21 heavy (non-hydrogen) atoms. The van der Waals surface area contributed by atoms with Crippen LogP contribution in [-0.4, -0.2) is 25.6 Å². The summed E-state index contributed by atoms with van der Waals surface area (Å²) in [6, 6.07) is 6.40. The van der Waals surface area contributed by atoms with Crippen LogP contribution in [0.1, 0.15) is 5.56 Å². The zero-order valence-electron chi connectivity index (χ0n) is 11.1. The van der Waals surface area contributed by atoms with Crippen molar-refractivity contribution >= 4 is 15.7 Å². The highest BCUT2D eigenvalue weighted by atomic mass is 32.2. The third-order valence-electron chi connectivity index (χ3n) is 2.66. The second-order valence-electron chi connectivity index (χ2n) is 4.12. The number of nitrogens with zero attached hydrogens (tertiary/aromatic N) is 1. The van der Waals surface area contributed by atoms with Crippen molar-refractivity contribution in [3.8, 4) is 5.75 Å². The molecule has 6 nitrogen and oxygen atoms in total. The first-order valence-corrected chi connectivity index (χ1v) is 7.37. The molecule has 0 aliphatic rings. The summed E-state index contributed by atoms with van der Waals surface area (Å²) in [4.78, 5) is 3.74. The first-order valence-electron chi connectivity index (χ1n) is 5.88. The molecule has 0 radical (unpaired) electrons. The molecule has 1 aromatic carbocycles. The molecule has 8 heteroatoms. The maximum atomic E-state index is 13.5. The molecule has 2 N–H and O–H groups in total. The Morgan fingerprint density at radius 1 is 1.33 bits per heavy atom. The normalized spacial score (nSPS) is 11.2. The predicted molar refractivity (Wildman–Crippen MR) is 73.9 cm³/mol. The number of pyridine rings is 1. The van der Waals surface area contributed by atoms with Gasteiger partial charge < -0.3 is 9.84 Å². The largest absolute Gasteiger partial charge is 0.494 e. The minimum Gasteiger partial charge on any atom is -0.494 e. The molecule has 0 fully saturated rings. The van der Waals surface area contributed by atoms with Crippen molar-refractivity contribution in [3.05, 3.63) is 47.9 Å². The van der Waals surface area contributed by atoms with Crippen LogP contribution in [0.25, 0.3) is 0 Å².